The molecule has 1 saturated carbocycles. The molecule has 0 aromatic carbocycles. The number of nitrogens with one attached hydrogen (secondary N) is 2. The van der Waals surface area contributed by atoms with Gasteiger partial charge in [-0.1, -0.05) is 19.8 Å². The van der Waals surface area contributed by atoms with Gasteiger partial charge in [-0.3, -0.25) is 5.43 Å². The third kappa shape index (κ3) is 3.46. The number of rotatable bonds is 4. The second kappa shape index (κ2) is 6.39. The summed E-state index contributed by atoms with van der Waals surface area (Å²) in [7, 11) is 0. The van der Waals surface area contributed by atoms with Gasteiger partial charge in [-0.15, -0.1) is 0 Å². The van der Waals surface area contributed by atoms with Crippen molar-refractivity contribution in [2.75, 3.05) is 0 Å². The molecule has 0 atom stereocenters. The van der Waals surface area contributed by atoms with Gasteiger partial charge in [0.05, 0.1) is 6.20 Å². The Bertz CT molecular complexity index is 395. The summed E-state index contributed by atoms with van der Waals surface area (Å²) < 4.78 is 5.48. The Hall–Kier alpha value is -1.56. The van der Waals surface area contributed by atoms with Crippen LogP contribution in [-0.4, -0.2) is 17.0 Å². The Morgan fingerprint density at radius 1 is 1.56 bits per heavy atom. The lowest BCUT2D eigenvalue weighted by molar-refractivity contribution is 0.460. The number of aryl methyl sites for hydroxylation is 1. The highest BCUT2D eigenvalue weighted by atomic mass is 16.4. The zero-order chi connectivity index (χ0) is 12.8. The van der Waals surface area contributed by atoms with Gasteiger partial charge in [0.1, 0.15) is 12.3 Å². The van der Waals surface area contributed by atoms with Crippen LogP contribution in [-0.2, 0) is 13.0 Å². The van der Waals surface area contributed by atoms with Crippen molar-refractivity contribution in [3.8, 4) is 0 Å². The van der Waals surface area contributed by atoms with Crippen molar-refractivity contribution >= 4 is 5.96 Å². The molecule has 4 N–H and O–H groups in total. The number of nitrogens with zero attached hydrogens (tertiary/aromatic N) is 2. The Morgan fingerprint density at radius 3 is 2.94 bits per heavy atom. The summed E-state index contributed by atoms with van der Waals surface area (Å²) in [6.45, 7) is 2.43. The molecule has 0 unspecified atom stereocenters. The van der Waals surface area contributed by atoms with Crippen LogP contribution < -0.4 is 16.6 Å². The minimum atomic E-state index is 0.402. The van der Waals surface area contributed by atoms with E-state index in [0.29, 0.717) is 24.4 Å². The number of aromatic nitrogens is 1. The van der Waals surface area contributed by atoms with Crippen LogP contribution in [0, 0.1) is 0 Å². The summed E-state index contributed by atoms with van der Waals surface area (Å²) in [6.07, 6.45) is 7.49. The highest BCUT2D eigenvalue weighted by Gasteiger charge is 2.15. The first-order valence-corrected chi connectivity index (χ1v) is 6.53. The lowest BCUT2D eigenvalue weighted by atomic mass is 10.2. The van der Waals surface area contributed by atoms with Crippen molar-refractivity contribution in [1.29, 1.82) is 0 Å². The second-order valence-corrected chi connectivity index (χ2v) is 4.51. The molecule has 0 saturated heterocycles. The smallest absolute Gasteiger partial charge is 0.216 e. The average Bonchev–Trinajstić information content (AvgIpc) is 3.05. The quantitative estimate of drug-likeness (QED) is 0.322. The predicted octanol–water partition coefficient (Wildman–Crippen LogP) is 1.09. The maximum absolute atomic E-state index is 5.48. The van der Waals surface area contributed by atoms with Crippen LogP contribution in [0.2, 0.25) is 0 Å². The molecule has 1 heterocycles. The van der Waals surface area contributed by atoms with Crippen molar-refractivity contribution in [2.45, 2.75) is 51.6 Å². The number of guanidine groups is 1. The summed E-state index contributed by atoms with van der Waals surface area (Å²) in [4.78, 5) is 8.49. The monoisotopic (exact) mass is 251 g/mol. The molecule has 0 bridgehead atoms. The minimum Gasteiger partial charge on any atom is -0.444 e. The molecule has 100 valence electrons. The molecule has 0 radical (unpaired) electrons. The van der Waals surface area contributed by atoms with Gasteiger partial charge in [0.2, 0.25) is 11.9 Å². The first kappa shape index (κ1) is 12.9. The summed E-state index contributed by atoms with van der Waals surface area (Å²) in [5.74, 6) is 7.56. The Morgan fingerprint density at radius 2 is 2.33 bits per heavy atom. The molecule has 1 aliphatic rings. The van der Waals surface area contributed by atoms with E-state index in [1.54, 1.807) is 6.20 Å². The summed E-state index contributed by atoms with van der Waals surface area (Å²) in [5.41, 5.74) is 2.59. The van der Waals surface area contributed by atoms with E-state index in [1.807, 2.05) is 6.92 Å². The normalized spacial score (nSPS) is 17.1. The Balaban J connectivity index is 1.88. The van der Waals surface area contributed by atoms with Crippen LogP contribution in [0.15, 0.2) is 15.6 Å². The lowest BCUT2D eigenvalue weighted by Crippen LogP contribution is -2.45. The number of oxazole rings is 1. The highest BCUT2D eigenvalue weighted by molar-refractivity contribution is 5.79. The molecule has 18 heavy (non-hydrogen) atoms. The number of hydrogen-bond donors (Lipinski definition) is 3. The molecule has 1 aromatic rings. The van der Waals surface area contributed by atoms with E-state index in [1.165, 1.54) is 25.7 Å². The summed E-state index contributed by atoms with van der Waals surface area (Å²) in [5, 5.41) is 3.30. The van der Waals surface area contributed by atoms with E-state index < -0.39 is 0 Å². The molecule has 0 spiro atoms. The highest BCUT2D eigenvalue weighted by Crippen LogP contribution is 2.17. The van der Waals surface area contributed by atoms with Gasteiger partial charge in [-0.25, -0.2) is 15.8 Å². The van der Waals surface area contributed by atoms with E-state index >= 15 is 0 Å². The van der Waals surface area contributed by atoms with Gasteiger partial charge in [0, 0.05) is 12.5 Å². The zero-order valence-electron chi connectivity index (χ0n) is 10.8. The Labute approximate surface area is 107 Å². The van der Waals surface area contributed by atoms with Gasteiger partial charge in [0.15, 0.2) is 0 Å². The number of aliphatic imine (C=N–C) groups is 1. The fourth-order valence-electron chi connectivity index (χ4n) is 2.13. The third-order valence-corrected chi connectivity index (χ3v) is 3.16. The molecular weight excluding hydrogens is 230 g/mol. The molecule has 6 nitrogen and oxygen atoms in total. The summed E-state index contributed by atoms with van der Waals surface area (Å²) >= 11 is 0. The third-order valence-electron chi connectivity index (χ3n) is 3.16. The zero-order valence-corrected chi connectivity index (χ0v) is 10.8. The predicted molar refractivity (Wildman–Crippen MR) is 69.7 cm³/mol. The van der Waals surface area contributed by atoms with Crippen molar-refractivity contribution < 1.29 is 4.42 Å². The molecule has 0 aliphatic heterocycles. The molecular formula is C12H21N5O. The first-order chi connectivity index (χ1) is 8.81. The molecule has 1 aromatic heterocycles. The SMILES string of the molecule is CCc1cnc(CN=C(NN)NC2CCCC2)o1. The van der Waals surface area contributed by atoms with E-state index in [4.69, 9.17) is 10.3 Å². The summed E-state index contributed by atoms with van der Waals surface area (Å²) in [6, 6.07) is 0.482. The van der Waals surface area contributed by atoms with Gasteiger partial charge < -0.3 is 9.73 Å². The fraction of sp³-hybridized carbons (Fsp3) is 0.667. The molecule has 2 rings (SSSR count). The van der Waals surface area contributed by atoms with Crippen molar-refractivity contribution in [3.63, 3.8) is 0 Å². The standard InChI is InChI=1S/C12H21N5O/c1-2-10-7-14-11(18-10)8-15-12(17-13)16-9-5-3-4-6-9/h7,9H,2-6,8,13H2,1H3,(H2,15,16,17). The van der Waals surface area contributed by atoms with Crippen molar-refractivity contribution in [2.24, 2.45) is 10.8 Å². The van der Waals surface area contributed by atoms with Crippen LogP contribution in [0.3, 0.4) is 0 Å². The number of nitrogens with two attached hydrogens (primary N) is 1. The maximum Gasteiger partial charge on any atom is 0.216 e. The second-order valence-electron chi connectivity index (χ2n) is 4.51. The topological polar surface area (TPSA) is 88.5 Å². The van der Waals surface area contributed by atoms with Crippen molar-refractivity contribution in [1.82, 2.24) is 15.7 Å². The van der Waals surface area contributed by atoms with Crippen LogP contribution >= 0.6 is 0 Å². The van der Waals surface area contributed by atoms with Gasteiger partial charge in [0.25, 0.3) is 0 Å². The van der Waals surface area contributed by atoms with Gasteiger partial charge in [-0.05, 0) is 12.8 Å². The van der Waals surface area contributed by atoms with Crippen LogP contribution in [0.25, 0.3) is 0 Å². The molecule has 1 fully saturated rings. The van der Waals surface area contributed by atoms with E-state index in [-0.39, 0.29) is 0 Å². The fourth-order valence-corrected chi connectivity index (χ4v) is 2.13. The first-order valence-electron chi connectivity index (χ1n) is 6.53. The maximum atomic E-state index is 5.48. The van der Waals surface area contributed by atoms with E-state index in [0.717, 1.165) is 12.2 Å². The van der Waals surface area contributed by atoms with E-state index in [2.05, 4.69) is 20.7 Å². The average molecular weight is 251 g/mol. The lowest BCUT2D eigenvalue weighted by Gasteiger charge is -2.14. The Kier molecular flexibility index (Phi) is 4.58. The van der Waals surface area contributed by atoms with E-state index in [9.17, 15) is 0 Å². The van der Waals surface area contributed by atoms with Gasteiger partial charge in [-0.2, -0.15) is 0 Å². The number of hydrazine groups is 1. The number of hydrogen-bond acceptors (Lipinski definition) is 4. The van der Waals surface area contributed by atoms with Crippen LogP contribution in [0.4, 0.5) is 0 Å². The largest absolute Gasteiger partial charge is 0.444 e. The minimum absolute atomic E-state index is 0.402. The van der Waals surface area contributed by atoms with Crippen LogP contribution in [0.5, 0.6) is 0 Å². The van der Waals surface area contributed by atoms with Crippen LogP contribution in [0.1, 0.15) is 44.3 Å². The molecule has 1 aliphatic carbocycles. The molecule has 0 amide bonds. The van der Waals surface area contributed by atoms with Crippen molar-refractivity contribution in [3.05, 3.63) is 17.8 Å². The van der Waals surface area contributed by atoms with Gasteiger partial charge >= 0.3 is 0 Å². The molecule has 6 heteroatoms.